The Morgan fingerprint density at radius 1 is 1.42 bits per heavy atom. The van der Waals surface area contributed by atoms with Crippen molar-refractivity contribution in [2.75, 3.05) is 11.9 Å². The van der Waals surface area contributed by atoms with E-state index in [1.54, 1.807) is 0 Å². The highest BCUT2D eigenvalue weighted by Gasteiger charge is 2.29. The zero-order chi connectivity index (χ0) is 14.2. The van der Waals surface area contributed by atoms with Crippen molar-refractivity contribution >= 4 is 23.2 Å². The van der Waals surface area contributed by atoms with Gasteiger partial charge in [-0.25, -0.2) is 0 Å². The third-order valence-corrected chi connectivity index (χ3v) is 3.76. The van der Waals surface area contributed by atoms with Gasteiger partial charge in [-0.15, -0.1) is 0 Å². The molecule has 0 fully saturated rings. The van der Waals surface area contributed by atoms with Crippen LogP contribution in [0.1, 0.15) is 44.9 Å². The van der Waals surface area contributed by atoms with Crippen LogP contribution < -0.4 is 10.6 Å². The Kier molecular flexibility index (Phi) is 3.88. The summed E-state index contributed by atoms with van der Waals surface area (Å²) >= 11 is 6.40. The largest absolute Gasteiger partial charge is 0.325 e. The summed E-state index contributed by atoms with van der Waals surface area (Å²) < 4.78 is 0. The van der Waals surface area contributed by atoms with Gasteiger partial charge in [0.15, 0.2) is 0 Å². The first-order chi connectivity index (χ1) is 8.82. The van der Waals surface area contributed by atoms with Gasteiger partial charge in [0.25, 0.3) is 0 Å². The monoisotopic (exact) mass is 280 g/mol. The van der Waals surface area contributed by atoms with Gasteiger partial charge in [-0.1, -0.05) is 45.4 Å². The molecule has 2 N–H and O–H groups in total. The molecule has 4 heteroatoms. The molecule has 0 saturated heterocycles. The molecular formula is C15H21ClN2O. The maximum absolute atomic E-state index is 11.4. The SMILES string of the molecule is CCNC(c1cc2c(cc1Cl)NC(=O)C2)C(C)(C)C. The fraction of sp³-hybridized carbons (Fsp3) is 0.533. The van der Waals surface area contributed by atoms with Crippen molar-refractivity contribution in [1.29, 1.82) is 0 Å². The van der Waals surface area contributed by atoms with Crippen molar-refractivity contribution in [2.24, 2.45) is 5.41 Å². The molecule has 3 nitrogen and oxygen atoms in total. The number of carbonyl (C=O) groups is 1. The molecule has 1 aromatic carbocycles. The average molecular weight is 281 g/mol. The Balaban J connectivity index is 2.44. The lowest BCUT2D eigenvalue weighted by molar-refractivity contribution is -0.115. The predicted molar refractivity (Wildman–Crippen MR) is 79.7 cm³/mol. The molecule has 0 spiro atoms. The standard InChI is InChI=1S/C15H21ClN2O/c1-5-17-14(15(2,3)4)10-6-9-7-13(19)18-12(9)8-11(10)16/h6,8,14,17H,5,7H2,1-4H3,(H,18,19). The quantitative estimate of drug-likeness (QED) is 0.889. The summed E-state index contributed by atoms with van der Waals surface area (Å²) in [6.45, 7) is 9.53. The number of anilines is 1. The van der Waals surface area contributed by atoms with Crippen molar-refractivity contribution in [3.63, 3.8) is 0 Å². The van der Waals surface area contributed by atoms with Crippen molar-refractivity contribution < 1.29 is 4.79 Å². The summed E-state index contributed by atoms with van der Waals surface area (Å²) in [6, 6.07) is 4.10. The van der Waals surface area contributed by atoms with Gasteiger partial charge in [-0.2, -0.15) is 0 Å². The van der Waals surface area contributed by atoms with Gasteiger partial charge in [0.05, 0.1) is 6.42 Å². The molecule has 0 aliphatic carbocycles. The summed E-state index contributed by atoms with van der Waals surface area (Å²) in [4.78, 5) is 11.4. The Morgan fingerprint density at radius 3 is 2.68 bits per heavy atom. The molecule has 19 heavy (non-hydrogen) atoms. The molecule has 2 rings (SSSR count). The lowest BCUT2D eigenvalue weighted by atomic mass is 9.81. The van der Waals surface area contributed by atoms with Crippen LogP contribution in [0.2, 0.25) is 5.02 Å². The number of nitrogens with one attached hydrogen (secondary N) is 2. The van der Waals surface area contributed by atoms with E-state index < -0.39 is 0 Å². The molecule has 1 aliphatic rings. The minimum absolute atomic E-state index is 0.0407. The van der Waals surface area contributed by atoms with Gasteiger partial charge in [-0.3, -0.25) is 4.79 Å². The molecule has 1 heterocycles. The summed E-state index contributed by atoms with van der Waals surface area (Å²) in [6.07, 6.45) is 0.447. The third-order valence-electron chi connectivity index (χ3n) is 3.43. The van der Waals surface area contributed by atoms with Gasteiger partial charge in [0.2, 0.25) is 5.91 Å². The van der Waals surface area contributed by atoms with E-state index in [1.807, 2.05) is 6.07 Å². The molecule has 0 aromatic heterocycles. The second-order valence-corrected chi connectivity index (χ2v) is 6.52. The van der Waals surface area contributed by atoms with Crippen LogP contribution in [0.25, 0.3) is 0 Å². The minimum atomic E-state index is 0.0407. The van der Waals surface area contributed by atoms with Crippen LogP contribution in [-0.2, 0) is 11.2 Å². The molecule has 0 saturated carbocycles. The van der Waals surface area contributed by atoms with E-state index in [4.69, 9.17) is 11.6 Å². The maximum Gasteiger partial charge on any atom is 0.228 e. The van der Waals surface area contributed by atoms with Crippen LogP contribution in [0.5, 0.6) is 0 Å². The highest BCUT2D eigenvalue weighted by Crippen LogP contribution is 2.39. The number of hydrogen-bond acceptors (Lipinski definition) is 2. The first kappa shape index (κ1) is 14.4. The van der Waals surface area contributed by atoms with E-state index >= 15 is 0 Å². The summed E-state index contributed by atoms with van der Waals surface area (Å²) in [7, 11) is 0. The molecule has 104 valence electrons. The minimum Gasteiger partial charge on any atom is -0.325 e. The van der Waals surface area contributed by atoms with E-state index in [-0.39, 0.29) is 17.4 Å². The van der Waals surface area contributed by atoms with Crippen molar-refractivity contribution in [2.45, 2.75) is 40.2 Å². The molecule has 0 bridgehead atoms. The highest BCUT2D eigenvalue weighted by molar-refractivity contribution is 6.32. The van der Waals surface area contributed by atoms with Crippen LogP contribution >= 0.6 is 11.6 Å². The van der Waals surface area contributed by atoms with Gasteiger partial charge < -0.3 is 10.6 Å². The smallest absolute Gasteiger partial charge is 0.228 e. The third kappa shape index (κ3) is 2.93. The Bertz CT molecular complexity index is 506. The van der Waals surface area contributed by atoms with Gasteiger partial charge in [0.1, 0.15) is 0 Å². The predicted octanol–water partition coefficient (Wildman–Crippen LogP) is 3.53. The van der Waals surface area contributed by atoms with Crippen molar-refractivity contribution in [3.05, 3.63) is 28.3 Å². The zero-order valence-corrected chi connectivity index (χ0v) is 12.7. The molecule has 1 amide bonds. The molecule has 1 aliphatic heterocycles. The normalized spacial score (nSPS) is 16.2. The van der Waals surface area contributed by atoms with Crippen LogP contribution in [0.4, 0.5) is 5.69 Å². The molecule has 1 atom stereocenters. The Labute approximate surface area is 119 Å². The molecule has 0 radical (unpaired) electrons. The number of hydrogen-bond donors (Lipinski definition) is 2. The zero-order valence-electron chi connectivity index (χ0n) is 11.9. The summed E-state index contributed by atoms with van der Waals surface area (Å²) in [5, 5.41) is 7.03. The first-order valence-electron chi connectivity index (χ1n) is 6.68. The van der Waals surface area contributed by atoms with Crippen molar-refractivity contribution in [1.82, 2.24) is 5.32 Å². The summed E-state index contributed by atoms with van der Waals surface area (Å²) in [5.74, 6) is 0.0407. The molecule has 1 aromatic rings. The number of rotatable bonds is 3. The average Bonchev–Trinajstić information content (AvgIpc) is 2.63. The van der Waals surface area contributed by atoms with E-state index in [0.717, 1.165) is 23.4 Å². The number of halogens is 1. The van der Waals surface area contributed by atoms with Gasteiger partial charge in [0, 0.05) is 16.8 Å². The van der Waals surface area contributed by atoms with Crippen LogP contribution in [0.3, 0.4) is 0 Å². The van der Waals surface area contributed by atoms with Gasteiger partial charge >= 0.3 is 0 Å². The fourth-order valence-electron chi connectivity index (χ4n) is 2.58. The highest BCUT2D eigenvalue weighted by atomic mass is 35.5. The Hall–Kier alpha value is -1.06. The number of fused-ring (bicyclic) bond motifs is 1. The number of benzene rings is 1. The van der Waals surface area contributed by atoms with E-state index in [1.165, 1.54) is 0 Å². The topological polar surface area (TPSA) is 41.1 Å². The second-order valence-electron chi connectivity index (χ2n) is 6.11. The number of carbonyl (C=O) groups excluding carboxylic acids is 1. The Morgan fingerprint density at radius 2 is 2.11 bits per heavy atom. The number of amides is 1. The van der Waals surface area contributed by atoms with E-state index in [0.29, 0.717) is 11.4 Å². The van der Waals surface area contributed by atoms with Crippen LogP contribution in [-0.4, -0.2) is 12.5 Å². The van der Waals surface area contributed by atoms with Crippen molar-refractivity contribution in [3.8, 4) is 0 Å². The summed E-state index contributed by atoms with van der Waals surface area (Å²) in [5.41, 5.74) is 3.02. The fourth-order valence-corrected chi connectivity index (χ4v) is 2.85. The molecular weight excluding hydrogens is 260 g/mol. The van der Waals surface area contributed by atoms with Gasteiger partial charge in [-0.05, 0) is 29.2 Å². The van der Waals surface area contributed by atoms with E-state index in [2.05, 4.69) is 44.4 Å². The van der Waals surface area contributed by atoms with E-state index in [9.17, 15) is 4.79 Å². The van der Waals surface area contributed by atoms with Crippen LogP contribution in [0, 0.1) is 5.41 Å². The lowest BCUT2D eigenvalue weighted by Crippen LogP contribution is -2.32. The van der Waals surface area contributed by atoms with Crippen LogP contribution in [0.15, 0.2) is 12.1 Å². The second kappa shape index (κ2) is 5.14. The lowest BCUT2D eigenvalue weighted by Gasteiger charge is -2.32. The molecule has 1 unspecified atom stereocenters. The first-order valence-corrected chi connectivity index (χ1v) is 7.06. The maximum atomic E-state index is 11.4.